The SMILES string of the molecule is Cc1c(C(=O)N(C)C2CC2)cc(Br)cc1S(=O)(=O)Cl. The lowest BCUT2D eigenvalue weighted by molar-refractivity contribution is 0.0784. The van der Waals surface area contributed by atoms with E-state index in [1.807, 2.05) is 0 Å². The predicted molar refractivity (Wildman–Crippen MR) is 77.0 cm³/mol. The van der Waals surface area contributed by atoms with Gasteiger partial charge in [-0.15, -0.1) is 0 Å². The number of hydrogen-bond acceptors (Lipinski definition) is 3. The van der Waals surface area contributed by atoms with Crippen LogP contribution in [0, 0.1) is 6.92 Å². The molecule has 0 bridgehead atoms. The molecule has 1 fully saturated rings. The van der Waals surface area contributed by atoms with E-state index in [9.17, 15) is 13.2 Å². The van der Waals surface area contributed by atoms with E-state index in [0.717, 1.165) is 12.8 Å². The van der Waals surface area contributed by atoms with Gasteiger partial charge in [-0.1, -0.05) is 15.9 Å². The van der Waals surface area contributed by atoms with Gasteiger partial charge in [0.05, 0.1) is 4.90 Å². The first-order chi connectivity index (χ1) is 8.71. The van der Waals surface area contributed by atoms with Gasteiger partial charge in [0.2, 0.25) is 0 Å². The van der Waals surface area contributed by atoms with E-state index in [0.29, 0.717) is 15.6 Å². The first kappa shape index (κ1) is 14.8. The van der Waals surface area contributed by atoms with E-state index in [-0.39, 0.29) is 16.8 Å². The van der Waals surface area contributed by atoms with E-state index in [2.05, 4.69) is 15.9 Å². The molecule has 2 rings (SSSR count). The molecule has 0 atom stereocenters. The zero-order valence-electron chi connectivity index (χ0n) is 10.5. The zero-order chi connectivity index (χ0) is 14.4. The molecule has 1 aliphatic carbocycles. The summed E-state index contributed by atoms with van der Waals surface area (Å²) in [5.41, 5.74) is 0.749. The second-order valence-corrected chi connectivity index (χ2v) is 8.11. The van der Waals surface area contributed by atoms with Gasteiger partial charge < -0.3 is 4.90 Å². The highest BCUT2D eigenvalue weighted by molar-refractivity contribution is 9.10. The summed E-state index contributed by atoms with van der Waals surface area (Å²) in [4.78, 5) is 14.0. The lowest BCUT2D eigenvalue weighted by atomic mass is 10.1. The zero-order valence-corrected chi connectivity index (χ0v) is 13.6. The molecule has 0 aliphatic heterocycles. The standard InChI is InChI=1S/C12H13BrClNO3S/c1-7-10(12(16)15(2)9-3-4-9)5-8(13)6-11(7)19(14,17)18/h5-6,9H,3-4H2,1-2H3. The highest BCUT2D eigenvalue weighted by atomic mass is 79.9. The second-order valence-electron chi connectivity index (χ2n) is 4.66. The van der Waals surface area contributed by atoms with E-state index in [1.54, 1.807) is 24.9 Å². The summed E-state index contributed by atoms with van der Waals surface area (Å²) in [7, 11) is 3.25. The van der Waals surface area contributed by atoms with Gasteiger partial charge in [-0.25, -0.2) is 8.42 Å². The maximum absolute atomic E-state index is 12.3. The Balaban J connectivity index is 2.51. The van der Waals surface area contributed by atoms with Crippen molar-refractivity contribution >= 4 is 41.6 Å². The van der Waals surface area contributed by atoms with Crippen molar-refractivity contribution in [3.05, 3.63) is 27.7 Å². The van der Waals surface area contributed by atoms with Crippen molar-refractivity contribution < 1.29 is 13.2 Å². The van der Waals surface area contributed by atoms with Crippen LogP contribution in [0.25, 0.3) is 0 Å². The summed E-state index contributed by atoms with van der Waals surface area (Å²) in [6, 6.07) is 3.30. The van der Waals surface area contributed by atoms with Gasteiger partial charge in [-0.05, 0) is 37.5 Å². The largest absolute Gasteiger partial charge is 0.339 e. The Kier molecular flexibility index (Phi) is 3.95. The molecule has 1 aromatic carbocycles. The molecule has 104 valence electrons. The molecule has 0 heterocycles. The van der Waals surface area contributed by atoms with E-state index >= 15 is 0 Å². The average Bonchev–Trinajstić information content (AvgIpc) is 3.12. The minimum Gasteiger partial charge on any atom is -0.339 e. The van der Waals surface area contributed by atoms with Crippen LogP contribution < -0.4 is 0 Å². The molecule has 0 aromatic heterocycles. The highest BCUT2D eigenvalue weighted by Gasteiger charge is 2.31. The van der Waals surface area contributed by atoms with Crippen LogP contribution in [0.5, 0.6) is 0 Å². The smallest absolute Gasteiger partial charge is 0.261 e. The summed E-state index contributed by atoms with van der Waals surface area (Å²) in [6.07, 6.45) is 1.99. The number of halogens is 2. The van der Waals surface area contributed by atoms with Gasteiger partial charge in [0.25, 0.3) is 15.0 Å². The molecule has 1 amide bonds. The molecule has 1 saturated carbocycles. The number of carbonyl (C=O) groups is 1. The van der Waals surface area contributed by atoms with E-state index in [1.165, 1.54) is 6.07 Å². The lowest BCUT2D eigenvalue weighted by Gasteiger charge is -2.18. The summed E-state index contributed by atoms with van der Waals surface area (Å²) in [5, 5.41) is 0. The molecule has 1 aromatic rings. The molecule has 7 heteroatoms. The van der Waals surface area contributed by atoms with Crippen molar-refractivity contribution in [3.63, 3.8) is 0 Å². The Bertz CT molecular complexity index is 641. The fourth-order valence-corrected chi connectivity index (χ4v) is 3.78. The van der Waals surface area contributed by atoms with Gasteiger partial charge in [0, 0.05) is 33.8 Å². The van der Waals surface area contributed by atoms with Gasteiger partial charge in [0.1, 0.15) is 0 Å². The van der Waals surface area contributed by atoms with Crippen LogP contribution in [-0.2, 0) is 9.05 Å². The van der Waals surface area contributed by atoms with Crippen LogP contribution in [-0.4, -0.2) is 32.3 Å². The summed E-state index contributed by atoms with van der Waals surface area (Å²) in [6.45, 7) is 1.59. The van der Waals surface area contributed by atoms with Crippen molar-refractivity contribution in [1.29, 1.82) is 0 Å². The van der Waals surface area contributed by atoms with Gasteiger partial charge in [0.15, 0.2) is 0 Å². The first-order valence-electron chi connectivity index (χ1n) is 5.74. The molecule has 1 aliphatic rings. The van der Waals surface area contributed by atoms with Crippen LogP contribution in [0.2, 0.25) is 0 Å². The number of carbonyl (C=O) groups excluding carboxylic acids is 1. The van der Waals surface area contributed by atoms with Crippen LogP contribution in [0.1, 0.15) is 28.8 Å². The second kappa shape index (κ2) is 5.07. The van der Waals surface area contributed by atoms with Crippen LogP contribution in [0.15, 0.2) is 21.5 Å². The molecule has 0 radical (unpaired) electrons. The van der Waals surface area contributed by atoms with Crippen LogP contribution >= 0.6 is 26.6 Å². The third-order valence-corrected chi connectivity index (χ3v) is 5.14. The lowest BCUT2D eigenvalue weighted by Crippen LogP contribution is -2.29. The Hall–Kier alpha value is -0.590. The van der Waals surface area contributed by atoms with Crippen molar-refractivity contribution in [3.8, 4) is 0 Å². The Labute approximate surface area is 125 Å². The molecule has 0 unspecified atom stereocenters. The average molecular weight is 367 g/mol. The maximum atomic E-state index is 12.3. The van der Waals surface area contributed by atoms with Crippen LogP contribution in [0.3, 0.4) is 0 Å². The number of amides is 1. The molecule has 19 heavy (non-hydrogen) atoms. The fraction of sp³-hybridized carbons (Fsp3) is 0.417. The van der Waals surface area contributed by atoms with Crippen LogP contribution in [0.4, 0.5) is 0 Å². The normalized spacial score (nSPS) is 15.4. The third-order valence-electron chi connectivity index (χ3n) is 3.23. The van der Waals surface area contributed by atoms with Gasteiger partial charge in [-0.3, -0.25) is 4.79 Å². The number of nitrogens with zero attached hydrogens (tertiary/aromatic N) is 1. The minimum atomic E-state index is -3.87. The Morgan fingerprint density at radius 2 is 2.00 bits per heavy atom. The third kappa shape index (κ3) is 3.12. The predicted octanol–water partition coefficient (Wildman–Crippen LogP) is 2.92. The monoisotopic (exact) mass is 365 g/mol. The molecule has 4 nitrogen and oxygen atoms in total. The summed E-state index contributed by atoms with van der Waals surface area (Å²) < 4.78 is 23.6. The quantitative estimate of drug-likeness (QED) is 0.773. The van der Waals surface area contributed by atoms with Crippen molar-refractivity contribution in [1.82, 2.24) is 4.90 Å². The Morgan fingerprint density at radius 3 is 2.47 bits per heavy atom. The summed E-state index contributed by atoms with van der Waals surface area (Å²) in [5.74, 6) is -0.178. The molecular formula is C12H13BrClNO3S. The molecule has 0 spiro atoms. The number of hydrogen-bond donors (Lipinski definition) is 0. The molecule has 0 N–H and O–H groups in total. The van der Waals surface area contributed by atoms with Gasteiger partial charge >= 0.3 is 0 Å². The van der Waals surface area contributed by atoms with E-state index < -0.39 is 9.05 Å². The minimum absolute atomic E-state index is 0.0314. The van der Waals surface area contributed by atoms with Crippen molar-refractivity contribution in [2.24, 2.45) is 0 Å². The first-order valence-corrected chi connectivity index (χ1v) is 8.84. The maximum Gasteiger partial charge on any atom is 0.261 e. The van der Waals surface area contributed by atoms with E-state index in [4.69, 9.17) is 10.7 Å². The number of benzene rings is 1. The summed E-state index contributed by atoms with van der Waals surface area (Å²) >= 11 is 3.22. The number of rotatable bonds is 3. The van der Waals surface area contributed by atoms with Crippen molar-refractivity contribution in [2.75, 3.05) is 7.05 Å². The van der Waals surface area contributed by atoms with Crippen molar-refractivity contribution in [2.45, 2.75) is 30.7 Å². The Morgan fingerprint density at radius 1 is 1.42 bits per heavy atom. The highest BCUT2D eigenvalue weighted by Crippen LogP contribution is 2.31. The van der Waals surface area contributed by atoms with Gasteiger partial charge in [-0.2, -0.15) is 0 Å². The molecular weight excluding hydrogens is 354 g/mol. The topological polar surface area (TPSA) is 54.5 Å². The fourth-order valence-electron chi connectivity index (χ4n) is 1.95. The molecule has 0 saturated heterocycles.